The zero-order valence-electron chi connectivity index (χ0n) is 14.9. The molecule has 0 saturated carbocycles. The van der Waals surface area contributed by atoms with Gasteiger partial charge in [0.15, 0.2) is 0 Å². The summed E-state index contributed by atoms with van der Waals surface area (Å²) < 4.78 is 5.02. The number of anilines is 2. The molecule has 3 rings (SSSR count). The molecule has 0 bridgehead atoms. The van der Waals surface area contributed by atoms with Gasteiger partial charge in [-0.2, -0.15) is 5.10 Å². The number of nitrogens with one attached hydrogen (secondary N) is 3. The van der Waals surface area contributed by atoms with E-state index in [-0.39, 0.29) is 11.3 Å². The van der Waals surface area contributed by atoms with Crippen molar-refractivity contribution in [1.82, 2.24) is 5.43 Å². The minimum Gasteiger partial charge on any atom is -0.463 e. The van der Waals surface area contributed by atoms with Gasteiger partial charge in [0.05, 0.1) is 23.7 Å². The Hall–Kier alpha value is -3.91. The first-order valence-corrected chi connectivity index (χ1v) is 8.74. The van der Waals surface area contributed by atoms with E-state index in [4.69, 9.17) is 16.0 Å². The predicted molar refractivity (Wildman–Crippen MR) is 109 cm³/mol. The summed E-state index contributed by atoms with van der Waals surface area (Å²) in [6.07, 6.45) is 2.70. The van der Waals surface area contributed by atoms with Crippen LogP contribution in [0.25, 0.3) is 0 Å². The zero-order chi connectivity index (χ0) is 20.6. The van der Waals surface area contributed by atoms with Gasteiger partial charge in [0.1, 0.15) is 5.76 Å². The Balaban J connectivity index is 1.64. The molecule has 3 N–H and O–H groups in total. The maximum absolute atomic E-state index is 12.5. The van der Waals surface area contributed by atoms with Crippen molar-refractivity contribution in [3.05, 3.63) is 83.3 Å². The number of halogens is 1. The largest absolute Gasteiger partial charge is 0.463 e. The number of para-hydroxylation sites is 1. The van der Waals surface area contributed by atoms with E-state index in [0.717, 1.165) is 0 Å². The molecule has 0 radical (unpaired) electrons. The number of hydrazone groups is 1. The lowest BCUT2D eigenvalue weighted by atomic mass is 10.1. The fourth-order valence-corrected chi connectivity index (χ4v) is 2.40. The summed E-state index contributed by atoms with van der Waals surface area (Å²) in [5.41, 5.74) is 2.97. The van der Waals surface area contributed by atoms with Gasteiger partial charge in [-0.1, -0.05) is 23.7 Å². The molecule has 0 atom stereocenters. The first kappa shape index (κ1) is 19.8. The Morgan fingerprint density at radius 1 is 0.897 bits per heavy atom. The fourth-order valence-electron chi connectivity index (χ4n) is 2.27. The molecule has 3 aromatic rings. The van der Waals surface area contributed by atoms with Gasteiger partial charge >= 0.3 is 11.8 Å². The highest BCUT2D eigenvalue weighted by Crippen LogP contribution is 2.19. The summed E-state index contributed by atoms with van der Waals surface area (Å²) in [6, 6.07) is 16.1. The lowest BCUT2D eigenvalue weighted by Gasteiger charge is -2.11. The molecule has 0 spiro atoms. The Morgan fingerprint density at radius 3 is 2.38 bits per heavy atom. The number of rotatable bonds is 5. The Bertz CT molecular complexity index is 1050. The summed E-state index contributed by atoms with van der Waals surface area (Å²) in [5, 5.41) is 9.26. The van der Waals surface area contributed by atoms with E-state index >= 15 is 0 Å². The molecule has 0 saturated heterocycles. The van der Waals surface area contributed by atoms with Crippen molar-refractivity contribution in [2.75, 3.05) is 10.6 Å². The third-order valence-electron chi connectivity index (χ3n) is 3.63. The van der Waals surface area contributed by atoms with E-state index in [1.54, 1.807) is 48.5 Å². The van der Waals surface area contributed by atoms with Gasteiger partial charge in [0.2, 0.25) is 0 Å². The molecule has 9 heteroatoms. The molecule has 1 heterocycles. The van der Waals surface area contributed by atoms with Gasteiger partial charge in [-0.3, -0.25) is 14.4 Å². The average Bonchev–Trinajstić information content (AvgIpc) is 3.23. The van der Waals surface area contributed by atoms with Crippen molar-refractivity contribution >= 4 is 46.9 Å². The van der Waals surface area contributed by atoms with Crippen molar-refractivity contribution in [2.45, 2.75) is 0 Å². The van der Waals surface area contributed by atoms with E-state index in [1.807, 2.05) is 0 Å². The standard InChI is InChI=1S/C20H15ClN4O4/c21-13-7-9-14(10-8-13)23-18(26)16-5-1-2-6-17(16)24-19(27)20(28)25-22-12-15-4-3-11-29-15/h1-12H,(H,23,26)(H,24,27)(H,25,28). The maximum Gasteiger partial charge on any atom is 0.329 e. The van der Waals surface area contributed by atoms with Crippen LogP contribution in [0.15, 0.2) is 76.4 Å². The quantitative estimate of drug-likeness (QED) is 0.340. The monoisotopic (exact) mass is 410 g/mol. The SMILES string of the molecule is O=C(NN=Cc1ccco1)C(=O)Nc1ccccc1C(=O)Nc1ccc(Cl)cc1. The van der Waals surface area contributed by atoms with Gasteiger partial charge < -0.3 is 15.1 Å². The van der Waals surface area contributed by atoms with Crippen molar-refractivity contribution in [3.8, 4) is 0 Å². The second-order valence-electron chi connectivity index (χ2n) is 5.68. The molecule has 29 heavy (non-hydrogen) atoms. The van der Waals surface area contributed by atoms with Crippen LogP contribution in [0.4, 0.5) is 11.4 Å². The Kier molecular flexibility index (Phi) is 6.39. The van der Waals surface area contributed by atoms with Crippen LogP contribution in [-0.2, 0) is 9.59 Å². The van der Waals surface area contributed by atoms with E-state index in [9.17, 15) is 14.4 Å². The fraction of sp³-hybridized carbons (Fsp3) is 0. The first-order valence-electron chi connectivity index (χ1n) is 8.37. The summed E-state index contributed by atoms with van der Waals surface area (Å²) in [6.45, 7) is 0. The minimum absolute atomic E-state index is 0.175. The van der Waals surface area contributed by atoms with E-state index < -0.39 is 17.7 Å². The topological polar surface area (TPSA) is 113 Å². The van der Waals surface area contributed by atoms with Gasteiger partial charge in [-0.25, -0.2) is 5.43 Å². The van der Waals surface area contributed by atoms with Crippen LogP contribution in [0.3, 0.4) is 0 Å². The van der Waals surface area contributed by atoms with Gasteiger partial charge in [-0.05, 0) is 48.5 Å². The number of hydrogen-bond acceptors (Lipinski definition) is 5. The van der Waals surface area contributed by atoms with Crippen LogP contribution in [0.2, 0.25) is 5.02 Å². The molecule has 146 valence electrons. The molecule has 8 nitrogen and oxygen atoms in total. The molecule has 0 unspecified atom stereocenters. The van der Waals surface area contributed by atoms with Crippen molar-refractivity contribution < 1.29 is 18.8 Å². The van der Waals surface area contributed by atoms with E-state index in [0.29, 0.717) is 16.5 Å². The molecule has 0 aliphatic rings. The predicted octanol–water partition coefficient (Wildman–Crippen LogP) is 3.27. The van der Waals surface area contributed by atoms with Crippen molar-refractivity contribution in [3.63, 3.8) is 0 Å². The highest BCUT2D eigenvalue weighted by atomic mass is 35.5. The highest BCUT2D eigenvalue weighted by molar-refractivity contribution is 6.40. The summed E-state index contributed by atoms with van der Waals surface area (Å²) in [5.74, 6) is -2.02. The molecular formula is C20H15ClN4O4. The third kappa shape index (κ3) is 5.53. The number of hydrogen-bond donors (Lipinski definition) is 3. The van der Waals surface area contributed by atoms with Crippen LogP contribution < -0.4 is 16.1 Å². The van der Waals surface area contributed by atoms with Gasteiger partial charge in [0.25, 0.3) is 5.91 Å². The third-order valence-corrected chi connectivity index (χ3v) is 3.88. The number of amides is 3. The highest BCUT2D eigenvalue weighted by Gasteiger charge is 2.17. The maximum atomic E-state index is 12.5. The van der Waals surface area contributed by atoms with Gasteiger partial charge in [-0.15, -0.1) is 0 Å². The first-order chi connectivity index (χ1) is 14.0. The molecule has 3 amide bonds. The molecule has 0 aliphatic heterocycles. The number of carbonyl (C=O) groups is 3. The molecule has 1 aromatic heterocycles. The lowest BCUT2D eigenvalue weighted by molar-refractivity contribution is -0.136. The Labute approximate surface area is 170 Å². The summed E-state index contributed by atoms with van der Waals surface area (Å²) in [7, 11) is 0. The number of furan rings is 1. The smallest absolute Gasteiger partial charge is 0.329 e. The minimum atomic E-state index is -0.999. The van der Waals surface area contributed by atoms with Crippen LogP contribution in [0, 0.1) is 0 Å². The summed E-state index contributed by atoms with van der Waals surface area (Å²) in [4.78, 5) is 36.6. The van der Waals surface area contributed by atoms with Crippen molar-refractivity contribution in [1.29, 1.82) is 0 Å². The average molecular weight is 411 g/mol. The Morgan fingerprint density at radius 2 is 1.66 bits per heavy atom. The zero-order valence-corrected chi connectivity index (χ0v) is 15.6. The second kappa shape index (κ2) is 9.34. The number of nitrogens with zero attached hydrogens (tertiary/aromatic N) is 1. The van der Waals surface area contributed by atoms with Crippen molar-refractivity contribution in [2.24, 2.45) is 5.10 Å². The molecular weight excluding hydrogens is 396 g/mol. The van der Waals surface area contributed by atoms with Crippen LogP contribution >= 0.6 is 11.6 Å². The van der Waals surface area contributed by atoms with E-state index in [2.05, 4.69) is 21.2 Å². The van der Waals surface area contributed by atoms with Crippen LogP contribution in [0.5, 0.6) is 0 Å². The van der Waals surface area contributed by atoms with Gasteiger partial charge in [0, 0.05) is 10.7 Å². The number of benzene rings is 2. The lowest BCUT2D eigenvalue weighted by Crippen LogP contribution is -2.33. The van der Waals surface area contributed by atoms with E-state index in [1.165, 1.54) is 24.6 Å². The van der Waals surface area contributed by atoms with Crippen LogP contribution in [-0.4, -0.2) is 23.9 Å². The second-order valence-corrected chi connectivity index (χ2v) is 6.11. The molecule has 0 fully saturated rings. The number of carbonyl (C=O) groups excluding carboxylic acids is 3. The molecule has 2 aromatic carbocycles. The normalized spacial score (nSPS) is 10.5. The van der Waals surface area contributed by atoms with Crippen LogP contribution in [0.1, 0.15) is 16.1 Å². The summed E-state index contributed by atoms with van der Waals surface area (Å²) >= 11 is 5.83. The molecule has 0 aliphatic carbocycles.